The van der Waals surface area contributed by atoms with Crippen LogP contribution in [0, 0.1) is 5.92 Å². The fourth-order valence-electron chi connectivity index (χ4n) is 9.03. The minimum absolute atomic E-state index is 0.0308. The molecule has 0 aliphatic carbocycles. The molecule has 86 heavy (non-hydrogen) atoms. The number of aromatic hydroxyl groups is 2. The summed E-state index contributed by atoms with van der Waals surface area (Å²) >= 11 is 4.35. The molecule has 29 heteroatoms. The van der Waals surface area contributed by atoms with Crippen molar-refractivity contribution in [3.63, 3.8) is 0 Å². The largest absolute Gasteiger partial charge is 0.508 e. The maximum Gasteiger partial charge on any atom is 0.244 e. The first-order valence-electron chi connectivity index (χ1n) is 28.2. The summed E-state index contributed by atoms with van der Waals surface area (Å²) in [7, 11) is 0. The van der Waals surface area contributed by atoms with E-state index in [1.807, 2.05) is 0 Å². The number of carbonyl (C=O) groups excluding carboxylic acids is 11. The molecule has 0 saturated carbocycles. The third-order valence-corrected chi connectivity index (χ3v) is 14.4. The van der Waals surface area contributed by atoms with Gasteiger partial charge in [0.2, 0.25) is 65.0 Å². The molecule has 1 aliphatic rings. The highest BCUT2D eigenvalue weighted by Gasteiger charge is 2.38. The molecule has 4 rings (SSSR count). The number of nitrogens with zero attached hydrogens (tertiary/aromatic N) is 1. The summed E-state index contributed by atoms with van der Waals surface area (Å²) in [6, 6.07) is 5.53. The number of thiol groups is 1. The molecule has 0 bridgehead atoms. The Kier molecular flexibility index (Phi) is 28.6. The molecule has 0 unspecified atom stereocenters. The summed E-state index contributed by atoms with van der Waals surface area (Å²) in [5, 5.41) is 43.6. The average Bonchev–Trinajstić information content (AvgIpc) is 3.47. The predicted octanol–water partition coefficient (Wildman–Crippen LogP) is -3.20. The molecule has 468 valence electrons. The molecule has 1 fully saturated rings. The lowest BCUT2D eigenvalue weighted by Crippen LogP contribution is -2.62. The normalized spacial score (nSPS) is 23.0. The second kappa shape index (κ2) is 35.3. The summed E-state index contributed by atoms with van der Waals surface area (Å²) in [6.07, 6.45) is -1.78. The van der Waals surface area contributed by atoms with Crippen LogP contribution in [0.3, 0.4) is 0 Å². The van der Waals surface area contributed by atoms with Crippen LogP contribution in [0.1, 0.15) is 88.3 Å². The van der Waals surface area contributed by atoms with E-state index in [1.54, 1.807) is 44.2 Å². The van der Waals surface area contributed by atoms with Gasteiger partial charge in [0.1, 0.15) is 65.9 Å². The van der Waals surface area contributed by atoms with Gasteiger partial charge in [-0.1, -0.05) is 74.9 Å². The Bertz CT molecular complexity index is 2850. The maximum absolute atomic E-state index is 14.7. The zero-order chi connectivity index (χ0) is 63.5. The topological polar surface area (TPSA) is 479 Å². The van der Waals surface area contributed by atoms with Crippen molar-refractivity contribution < 1.29 is 63.0 Å². The zero-order valence-electron chi connectivity index (χ0n) is 48.1. The number of phenolic OH excluding ortho intramolecular Hbond substituents is 2. The minimum Gasteiger partial charge on any atom is -0.508 e. The van der Waals surface area contributed by atoms with Gasteiger partial charge >= 0.3 is 0 Å². The van der Waals surface area contributed by atoms with Gasteiger partial charge in [-0.15, -0.1) is 0 Å². The van der Waals surface area contributed by atoms with Crippen molar-refractivity contribution in [1.29, 1.82) is 0 Å². The van der Waals surface area contributed by atoms with Crippen LogP contribution in [0.2, 0.25) is 0 Å². The molecule has 28 nitrogen and oxygen atoms in total. The van der Waals surface area contributed by atoms with Crippen molar-refractivity contribution in [3.8, 4) is 11.5 Å². The predicted molar refractivity (Wildman–Crippen MR) is 320 cm³/mol. The molecule has 3 aromatic rings. The average molecular weight is 1220 g/mol. The molecule has 3 aromatic carbocycles. The van der Waals surface area contributed by atoms with E-state index in [0.717, 1.165) is 0 Å². The van der Waals surface area contributed by atoms with Crippen LogP contribution in [0.25, 0.3) is 0 Å². The highest BCUT2D eigenvalue weighted by molar-refractivity contribution is 7.80. The van der Waals surface area contributed by atoms with Crippen molar-refractivity contribution in [2.24, 2.45) is 39.6 Å². The van der Waals surface area contributed by atoms with Crippen molar-refractivity contribution in [1.82, 2.24) is 47.9 Å². The van der Waals surface area contributed by atoms with Gasteiger partial charge in [-0.3, -0.25) is 57.7 Å². The van der Waals surface area contributed by atoms with Gasteiger partial charge in [0.05, 0.1) is 6.42 Å². The standard InChI is InChI=1S/C57H81N15O13S/c1-3-31(2)47-56(85)70-43(29-46(60)76)53(82)67-40(26-32-10-5-4-6-11-32)51(80)66-39(22-23-45(59)75)50(79)65-38(13-9-25-63-57(61)62)48(77)64-37(12-7-8-24-58)49(78)71-44(30-86)55(84)69-41(27-33-14-18-35(73)19-15-33)52(81)68-42(54(83)72-47)28-34-16-20-36(74)21-17-34/h4-6,10-11,14-21,31,37-44,47,73-74,86H,3,7-9,12-13,22-30,58H2,1-2H3,(H2,59,75)(H2,60,76)(H,64,77)(H,65,79)(H,66,80)(H,67,82)(H,68,81)(H,69,84)(H,70,85)(H,71,78)(H,72,83)(H4,61,62,63)/t31-,37-,38-,39-,40-,41-,42-,43-,44-,47-/m0/s1. The molecule has 10 atom stereocenters. The third kappa shape index (κ3) is 23.6. The minimum atomic E-state index is -1.80. The van der Waals surface area contributed by atoms with Gasteiger partial charge < -0.3 is 86.7 Å². The quantitative estimate of drug-likeness (QED) is 0.0204. The number of amides is 11. The fourth-order valence-corrected chi connectivity index (χ4v) is 9.29. The summed E-state index contributed by atoms with van der Waals surface area (Å²) < 4.78 is 0. The Morgan fingerprint density at radius 3 is 1.30 bits per heavy atom. The third-order valence-electron chi connectivity index (χ3n) is 14.1. The first kappa shape index (κ1) is 69.5. The van der Waals surface area contributed by atoms with Gasteiger partial charge in [-0.2, -0.15) is 12.6 Å². The van der Waals surface area contributed by atoms with E-state index in [1.165, 1.54) is 48.5 Å². The van der Waals surface area contributed by atoms with Crippen LogP contribution in [-0.4, -0.2) is 154 Å². The highest BCUT2D eigenvalue weighted by Crippen LogP contribution is 2.17. The number of nitrogens with one attached hydrogen (secondary N) is 9. The maximum atomic E-state index is 14.7. The second-order valence-electron chi connectivity index (χ2n) is 20.9. The smallest absolute Gasteiger partial charge is 0.244 e. The molecule has 0 spiro atoms. The molecule has 0 aromatic heterocycles. The van der Waals surface area contributed by atoms with E-state index in [2.05, 4.69) is 65.5 Å². The number of benzene rings is 3. The summed E-state index contributed by atoms with van der Waals surface area (Å²) in [5.41, 5.74) is 29.4. The number of unbranched alkanes of at least 4 members (excludes halogenated alkanes) is 1. The number of nitrogens with two attached hydrogens (primary N) is 5. The number of primary amides is 2. The first-order valence-corrected chi connectivity index (χ1v) is 28.8. The van der Waals surface area contributed by atoms with Crippen LogP contribution < -0.4 is 76.5 Å². The molecular formula is C57H81N15O13S. The molecule has 21 N–H and O–H groups in total. The molecule has 1 aliphatic heterocycles. The van der Waals surface area contributed by atoms with Crippen LogP contribution >= 0.6 is 12.6 Å². The van der Waals surface area contributed by atoms with Crippen molar-refractivity contribution in [2.45, 2.75) is 145 Å². The first-order chi connectivity index (χ1) is 40.9. The van der Waals surface area contributed by atoms with E-state index in [9.17, 15) is 63.0 Å². The van der Waals surface area contributed by atoms with E-state index in [0.29, 0.717) is 23.1 Å². The lowest BCUT2D eigenvalue weighted by Gasteiger charge is -2.30. The van der Waals surface area contributed by atoms with Crippen molar-refractivity contribution in [2.75, 3.05) is 18.8 Å². The summed E-state index contributed by atoms with van der Waals surface area (Å²) in [5.74, 6) is -12.3. The van der Waals surface area contributed by atoms with Crippen LogP contribution in [-0.2, 0) is 72.0 Å². The number of aliphatic imine (C=N–C) groups is 1. The number of guanidine groups is 1. The summed E-state index contributed by atoms with van der Waals surface area (Å²) in [6.45, 7) is 3.48. The molecule has 1 heterocycles. The second-order valence-corrected chi connectivity index (χ2v) is 21.2. The van der Waals surface area contributed by atoms with Gasteiger partial charge in [0, 0.05) is 38.0 Å². The van der Waals surface area contributed by atoms with E-state index < -0.39 is 145 Å². The number of hydrogen-bond donors (Lipinski definition) is 17. The van der Waals surface area contributed by atoms with Crippen molar-refractivity contribution in [3.05, 3.63) is 95.6 Å². The lowest BCUT2D eigenvalue weighted by molar-refractivity contribution is -0.137. The lowest BCUT2D eigenvalue weighted by atomic mass is 9.96. The SMILES string of the molecule is CC[C@H](C)[C@@H]1NC(=O)[C@H](Cc2ccc(O)cc2)NC(=O)[C@H](Cc2ccc(O)cc2)NC(=O)[C@H](CS)NC(=O)[C@H](CCCCN)NC(=O)[C@H](CCCN=C(N)N)NC(=O)[C@H](CCC(N)=O)NC(=O)[C@H](Cc2ccccc2)NC(=O)[C@H](CC(N)=O)NC1=O. The van der Waals surface area contributed by atoms with E-state index in [-0.39, 0.29) is 87.7 Å². The van der Waals surface area contributed by atoms with Gasteiger partial charge in [-0.05, 0) is 91.9 Å². The summed E-state index contributed by atoms with van der Waals surface area (Å²) in [4.78, 5) is 160. The van der Waals surface area contributed by atoms with Crippen LogP contribution in [0.4, 0.5) is 0 Å². The fraction of sp³-hybridized carbons (Fsp3) is 0.474. The molecular weight excluding hydrogens is 1130 g/mol. The number of rotatable bonds is 22. The number of carbonyl (C=O) groups is 11. The number of phenols is 2. The zero-order valence-corrected chi connectivity index (χ0v) is 48.9. The van der Waals surface area contributed by atoms with Crippen molar-refractivity contribution >= 4 is 83.6 Å². The van der Waals surface area contributed by atoms with Crippen LogP contribution in [0.15, 0.2) is 83.9 Å². The Balaban J connectivity index is 1.93. The van der Waals surface area contributed by atoms with Gasteiger partial charge in [-0.25, -0.2) is 0 Å². The monoisotopic (exact) mass is 1220 g/mol. The molecule has 11 amide bonds. The Morgan fingerprint density at radius 2 is 0.872 bits per heavy atom. The molecule has 1 saturated heterocycles. The van der Waals surface area contributed by atoms with Gasteiger partial charge in [0.25, 0.3) is 0 Å². The van der Waals surface area contributed by atoms with Crippen LogP contribution in [0.5, 0.6) is 11.5 Å². The Labute approximate surface area is 503 Å². The highest BCUT2D eigenvalue weighted by atomic mass is 32.1. The number of hydrogen-bond acceptors (Lipinski definition) is 16. The van der Waals surface area contributed by atoms with Gasteiger partial charge in [0.15, 0.2) is 5.96 Å². The Hall–Kier alpha value is -8.99. The molecule has 0 radical (unpaired) electrons. The van der Waals surface area contributed by atoms with E-state index in [4.69, 9.17) is 28.7 Å². The van der Waals surface area contributed by atoms with E-state index >= 15 is 0 Å². The Morgan fingerprint density at radius 1 is 0.488 bits per heavy atom.